The van der Waals surface area contributed by atoms with Crippen LogP contribution in [0.15, 0.2) is 42.5 Å². The Hall–Kier alpha value is -2.33. The molecule has 120 valence electrons. The predicted octanol–water partition coefficient (Wildman–Crippen LogP) is 2.50. The minimum absolute atomic E-state index is 0.00445. The van der Waals surface area contributed by atoms with Crippen LogP contribution < -0.4 is 15.8 Å². The van der Waals surface area contributed by atoms with E-state index in [9.17, 15) is 4.79 Å². The highest BCUT2D eigenvalue weighted by atomic mass is 16.5. The van der Waals surface area contributed by atoms with Crippen LogP contribution in [0.25, 0.3) is 11.1 Å². The van der Waals surface area contributed by atoms with Gasteiger partial charge in [-0.05, 0) is 34.4 Å². The third-order valence-electron chi connectivity index (χ3n) is 4.24. The van der Waals surface area contributed by atoms with Crippen molar-refractivity contribution in [2.45, 2.75) is 19.9 Å². The van der Waals surface area contributed by atoms with Gasteiger partial charge in [0.2, 0.25) is 5.91 Å². The highest BCUT2D eigenvalue weighted by Gasteiger charge is 2.13. The average molecular weight is 310 g/mol. The number of carbonyl (C=O) groups is 1. The Morgan fingerprint density at radius 1 is 1.22 bits per heavy atom. The Morgan fingerprint density at radius 2 is 1.96 bits per heavy atom. The van der Waals surface area contributed by atoms with Crippen LogP contribution in [0.1, 0.15) is 18.1 Å². The van der Waals surface area contributed by atoms with Gasteiger partial charge in [-0.15, -0.1) is 0 Å². The van der Waals surface area contributed by atoms with Gasteiger partial charge in [0.1, 0.15) is 5.75 Å². The summed E-state index contributed by atoms with van der Waals surface area (Å²) < 4.78 is 5.54. The monoisotopic (exact) mass is 310 g/mol. The number of ether oxygens (including phenoxy) is 1. The summed E-state index contributed by atoms with van der Waals surface area (Å²) in [6.07, 6.45) is 0.979. The van der Waals surface area contributed by atoms with Gasteiger partial charge >= 0.3 is 0 Å². The topological polar surface area (TPSA) is 64.4 Å². The third-order valence-corrected chi connectivity index (χ3v) is 4.24. The Kier molecular flexibility index (Phi) is 4.63. The number of nitrogens with two attached hydrogens (primary N) is 1. The molecule has 0 saturated heterocycles. The first kappa shape index (κ1) is 15.6. The van der Waals surface area contributed by atoms with Gasteiger partial charge in [-0.25, -0.2) is 0 Å². The van der Waals surface area contributed by atoms with E-state index in [1.54, 1.807) is 0 Å². The van der Waals surface area contributed by atoms with Gasteiger partial charge in [-0.1, -0.05) is 37.3 Å². The normalized spacial score (nSPS) is 14.0. The van der Waals surface area contributed by atoms with E-state index in [-0.39, 0.29) is 11.8 Å². The first-order chi connectivity index (χ1) is 11.2. The number of nitrogens with one attached hydrogen (secondary N) is 1. The lowest BCUT2D eigenvalue weighted by molar-refractivity contribution is -0.124. The molecule has 0 saturated carbocycles. The van der Waals surface area contributed by atoms with E-state index in [1.807, 2.05) is 25.1 Å². The fourth-order valence-corrected chi connectivity index (χ4v) is 2.65. The maximum Gasteiger partial charge on any atom is 0.224 e. The number of amides is 1. The molecule has 4 heteroatoms. The largest absolute Gasteiger partial charge is 0.493 e. The molecule has 4 nitrogen and oxygen atoms in total. The van der Waals surface area contributed by atoms with Gasteiger partial charge in [-0.3, -0.25) is 4.79 Å². The Balaban J connectivity index is 1.66. The van der Waals surface area contributed by atoms with E-state index < -0.39 is 0 Å². The van der Waals surface area contributed by atoms with Crippen molar-refractivity contribution in [3.63, 3.8) is 0 Å². The number of fused-ring (bicyclic) bond motifs is 1. The van der Waals surface area contributed by atoms with Crippen LogP contribution in [0.2, 0.25) is 0 Å². The quantitative estimate of drug-likeness (QED) is 0.892. The molecule has 23 heavy (non-hydrogen) atoms. The molecule has 3 N–H and O–H groups in total. The molecule has 1 atom stereocenters. The molecular weight excluding hydrogens is 288 g/mol. The summed E-state index contributed by atoms with van der Waals surface area (Å²) in [6, 6.07) is 14.6. The highest BCUT2D eigenvalue weighted by molar-refractivity contribution is 5.78. The lowest BCUT2D eigenvalue weighted by Gasteiger charge is -2.10. The van der Waals surface area contributed by atoms with Crippen LogP contribution in [-0.2, 0) is 17.8 Å². The molecule has 1 aliphatic heterocycles. The minimum atomic E-state index is -0.150. The zero-order valence-electron chi connectivity index (χ0n) is 13.3. The van der Waals surface area contributed by atoms with Gasteiger partial charge in [0.15, 0.2) is 0 Å². The maximum atomic E-state index is 11.7. The molecule has 0 aliphatic carbocycles. The molecule has 0 spiro atoms. The molecule has 1 aliphatic rings. The molecule has 2 aromatic carbocycles. The molecular formula is C19H22N2O2. The van der Waals surface area contributed by atoms with Crippen molar-refractivity contribution >= 4 is 5.91 Å². The Bertz CT molecular complexity index is 695. The fourth-order valence-electron chi connectivity index (χ4n) is 2.65. The summed E-state index contributed by atoms with van der Waals surface area (Å²) >= 11 is 0. The van der Waals surface area contributed by atoms with E-state index in [2.05, 4.69) is 29.6 Å². The van der Waals surface area contributed by atoms with Crippen LogP contribution in [0.5, 0.6) is 5.75 Å². The van der Waals surface area contributed by atoms with Crippen molar-refractivity contribution in [1.82, 2.24) is 5.32 Å². The number of hydrogen-bond donors (Lipinski definition) is 2. The molecule has 0 fully saturated rings. The molecule has 3 rings (SSSR count). The van der Waals surface area contributed by atoms with E-state index in [4.69, 9.17) is 10.5 Å². The predicted molar refractivity (Wildman–Crippen MR) is 91.1 cm³/mol. The zero-order chi connectivity index (χ0) is 16.2. The first-order valence-corrected chi connectivity index (χ1v) is 8.00. The molecule has 1 amide bonds. The standard InChI is InChI=1S/C19H22N2O2/c1-13(11-20)19(22)21-12-14-2-4-15(5-3-14)16-6-7-18-17(10-16)8-9-23-18/h2-7,10,13H,8-9,11-12,20H2,1H3,(H,21,22). The molecule has 1 heterocycles. The lowest BCUT2D eigenvalue weighted by atomic mass is 10.0. The van der Waals surface area contributed by atoms with Gasteiger partial charge in [0, 0.05) is 25.4 Å². The summed E-state index contributed by atoms with van der Waals surface area (Å²) in [5, 5.41) is 2.91. The summed E-state index contributed by atoms with van der Waals surface area (Å²) in [5.74, 6) is 0.847. The smallest absolute Gasteiger partial charge is 0.224 e. The van der Waals surface area contributed by atoms with Crippen LogP contribution in [0, 0.1) is 5.92 Å². The van der Waals surface area contributed by atoms with Crippen LogP contribution >= 0.6 is 0 Å². The van der Waals surface area contributed by atoms with Crippen molar-refractivity contribution in [3.05, 3.63) is 53.6 Å². The molecule has 2 aromatic rings. The van der Waals surface area contributed by atoms with Crippen molar-refractivity contribution < 1.29 is 9.53 Å². The molecule has 1 unspecified atom stereocenters. The van der Waals surface area contributed by atoms with E-state index >= 15 is 0 Å². The summed E-state index contributed by atoms with van der Waals surface area (Å²) in [7, 11) is 0. The number of rotatable bonds is 5. The van der Waals surface area contributed by atoms with Crippen molar-refractivity contribution in [3.8, 4) is 16.9 Å². The van der Waals surface area contributed by atoms with E-state index in [0.29, 0.717) is 13.1 Å². The van der Waals surface area contributed by atoms with Crippen molar-refractivity contribution in [2.75, 3.05) is 13.2 Å². The number of hydrogen-bond acceptors (Lipinski definition) is 3. The Morgan fingerprint density at radius 3 is 2.70 bits per heavy atom. The molecule has 0 radical (unpaired) electrons. The van der Waals surface area contributed by atoms with Gasteiger partial charge in [-0.2, -0.15) is 0 Å². The van der Waals surface area contributed by atoms with E-state index in [1.165, 1.54) is 16.7 Å². The van der Waals surface area contributed by atoms with Gasteiger partial charge in [0.05, 0.1) is 6.61 Å². The number of benzene rings is 2. The van der Waals surface area contributed by atoms with Gasteiger partial charge < -0.3 is 15.8 Å². The second-order valence-corrected chi connectivity index (χ2v) is 5.97. The van der Waals surface area contributed by atoms with Crippen LogP contribution in [0.4, 0.5) is 0 Å². The number of carbonyl (C=O) groups excluding carboxylic acids is 1. The highest BCUT2D eigenvalue weighted by Crippen LogP contribution is 2.30. The van der Waals surface area contributed by atoms with Crippen LogP contribution in [-0.4, -0.2) is 19.1 Å². The summed E-state index contributed by atoms with van der Waals surface area (Å²) in [6.45, 7) is 3.50. The average Bonchev–Trinajstić information content (AvgIpc) is 3.07. The van der Waals surface area contributed by atoms with Crippen molar-refractivity contribution in [1.29, 1.82) is 0 Å². The Labute approximate surface area is 136 Å². The fraction of sp³-hybridized carbons (Fsp3) is 0.316. The van der Waals surface area contributed by atoms with Crippen LogP contribution in [0.3, 0.4) is 0 Å². The molecule has 0 aromatic heterocycles. The van der Waals surface area contributed by atoms with Gasteiger partial charge in [0.25, 0.3) is 0 Å². The van der Waals surface area contributed by atoms with E-state index in [0.717, 1.165) is 24.3 Å². The van der Waals surface area contributed by atoms with Crippen molar-refractivity contribution in [2.24, 2.45) is 11.7 Å². The second-order valence-electron chi connectivity index (χ2n) is 5.97. The second kappa shape index (κ2) is 6.84. The summed E-state index contributed by atoms with van der Waals surface area (Å²) in [5.41, 5.74) is 10.2. The summed E-state index contributed by atoms with van der Waals surface area (Å²) in [4.78, 5) is 11.7. The lowest BCUT2D eigenvalue weighted by Crippen LogP contribution is -2.32. The molecule has 0 bridgehead atoms. The third kappa shape index (κ3) is 3.54. The SMILES string of the molecule is CC(CN)C(=O)NCc1ccc(-c2ccc3c(c2)CCO3)cc1. The minimum Gasteiger partial charge on any atom is -0.493 e. The first-order valence-electron chi connectivity index (χ1n) is 8.00. The maximum absolute atomic E-state index is 11.7. The zero-order valence-corrected chi connectivity index (χ0v) is 13.3.